The summed E-state index contributed by atoms with van der Waals surface area (Å²) in [6, 6.07) is 3.53. The number of fused-ring (bicyclic) bond motifs is 2. The minimum absolute atomic E-state index is 0.0195. The largest absolute Gasteiger partial charge is 0.504 e. The lowest BCUT2D eigenvalue weighted by Gasteiger charge is -2.39. The molecule has 3 aliphatic rings. The van der Waals surface area contributed by atoms with Crippen LogP contribution >= 0.6 is 0 Å². The second-order valence-corrected chi connectivity index (χ2v) is 11.9. The van der Waals surface area contributed by atoms with Crippen LogP contribution in [0.3, 0.4) is 0 Å². The smallest absolute Gasteiger partial charge is 0.329 e. The van der Waals surface area contributed by atoms with Crippen molar-refractivity contribution in [3.63, 3.8) is 0 Å². The number of hydrogen-bond acceptors (Lipinski definition) is 7. The number of phenols is 1. The number of nitrogens with zero attached hydrogens (tertiary/aromatic N) is 1. The second-order valence-electron chi connectivity index (χ2n) is 11.9. The minimum Gasteiger partial charge on any atom is -0.504 e. The zero-order chi connectivity index (χ0) is 28.4. The van der Waals surface area contributed by atoms with E-state index in [0.29, 0.717) is 36.6 Å². The molecule has 1 aliphatic heterocycles. The lowest BCUT2D eigenvalue weighted by Crippen LogP contribution is -2.52. The number of hydrogen-bond donors (Lipinski definition) is 2. The molecule has 0 spiro atoms. The van der Waals surface area contributed by atoms with Crippen molar-refractivity contribution in [2.45, 2.75) is 77.5 Å². The van der Waals surface area contributed by atoms with Crippen LogP contribution in [0, 0.1) is 16.7 Å². The number of phenolic OH excluding ortho intramolecular Hbond substituents is 1. The zero-order valence-corrected chi connectivity index (χ0v) is 23.6. The lowest BCUT2D eigenvalue weighted by atomic mass is 9.70. The van der Waals surface area contributed by atoms with E-state index in [-0.39, 0.29) is 46.9 Å². The number of carbonyl (C=O) groups excluding carboxylic acids is 3. The number of methoxy groups -OCH3 is 1. The standard InChI is InChI=1S/C31H42N2O6/c1-6-8-23(32-19-22(34)12-10-20-11-13-25(35)26(17-20)38-5)28(36)33-16-7-9-24(33)29(37)39-27-18-21-14-15-31(27,4)30(21,2)3/h6,10-13,17,21,23-24,27,32,35H,1,7-9,14-16,18-19H2,2-5H3/b12-10+. The Morgan fingerprint density at radius 3 is 2.67 bits per heavy atom. The van der Waals surface area contributed by atoms with Crippen LogP contribution in [-0.2, 0) is 19.1 Å². The molecule has 212 valence electrons. The average Bonchev–Trinajstić information content (AvgIpc) is 3.54. The van der Waals surface area contributed by atoms with Crippen LogP contribution in [-0.4, -0.2) is 66.1 Å². The summed E-state index contributed by atoms with van der Waals surface area (Å²) in [5.41, 5.74) is 0.799. The average molecular weight is 539 g/mol. The van der Waals surface area contributed by atoms with Gasteiger partial charge in [0.15, 0.2) is 17.3 Å². The van der Waals surface area contributed by atoms with Crippen molar-refractivity contribution >= 4 is 23.7 Å². The van der Waals surface area contributed by atoms with Gasteiger partial charge in [0.1, 0.15) is 12.1 Å². The van der Waals surface area contributed by atoms with Crippen molar-refractivity contribution in [3.05, 3.63) is 42.5 Å². The second kappa shape index (κ2) is 11.5. The molecule has 4 rings (SSSR count). The maximum Gasteiger partial charge on any atom is 0.329 e. The summed E-state index contributed by atoms with van der Waals surface area (Å²) in [6.07, 6.45) is 9.35. The van der Waals surface area contributed by atoms with Gasteiger partial charge in [-0.1, -0.05) is 39.0 Å². The van der Waals surface area contributed by atoms with Gasteiger partial charge in [-0.25, -0.2) is 4.79 Å². The highest BCUT2D eigenvalue weighted by atomic mass is 16.5. The molecule has 8 heteroatoms. The predicted octanol–water partition coefficient (Wildman–Crippen LogP) is 4.27. The summed E-state index contributed by atoms with van der Waals surface area (Å²) in [6.45, 7) is 11.0. The monoisotopic (exact) mass is 538 g/mol. The summed E-state index contributed by atoms with van der Waals surface area (Å²) in [4.78, 5) is 41.0. The first-order chi connectivity index (χ1) is 18.5. The number of nitrogens with one attached hydrogen (secondary N) is 1. The van der Waals surface area contributed by atoms with Crippen LogP contribution in [0.2, 0.25) is 0 Å². The molecular weight excluding hydrogens is 496 g/mol. The highest BCUT2D eigenvalue weighted by Gasteiger charge is 2.63. The van der Waals surface area contributed by atoms with Gasteiger partial charge >= 0.3 is 5.97 Å². The van der Waals surface area contributed by atoms with Crippen molar-refractivity contribution in [3.8, 4) is 11.5 Å². The number of benzene rings is 1. The molecule has 2 bridgehead atoms. The molecule has 1 aromatic rings. The van der Waals surface area contributed by atoms with Crippen molar-refractivity contribution in [2.24, 2.45) is 16.7 Å². The van der Waals surface area contributed by atoms with Gasteiger partial charge in [0.05, 0.1) is 19.7 Å². The topological polar surface area (TPSA) is 105 Å². The molecule has 0 radical (unpaired) electrons. The Morgan fingerprint density at radius 2 is 2.03 bits per heavy atom. The van der Waals surface area contributed by atoms with E-state index in [2.05, 4.69) is 32.7 Å². The summed E-state index contributed by atoms with van der Waals surface area (Å²) in [5.74, 6) is 0.159. The Labute approximate surface area is 231 Å². The van der Waals surface area contributed by atoms with Crippen LogP contribution in [0.25, 0.3) is 6.08 Å². The quantitative estimate of drug-likeness (QED) is 0.246. The number of aromatic hydroxyl groups is 1. The van der Waals surface area contributed by atoms with Gasteiger partial charge in [0, 0.05) is 12.0 Å². The number of esters is 1. The molecule has 1 aromatic carbocycles. The highest BCUT2D eigenvalue weighted by molar-refractivity contribution is 5.96. The van der Waals surface area contributed by atoms with E-state index in [1.54, 1.807) is 29.2 Å². The Hall–Kier alpha value is -3.13. The van der Waals surface area contributed by atoms with Gasteiger partial charge in [-0.05, 0) is 73.6 Å². The fraction of sp³-hybridized carbons (Fsp3) is 0.581. The highest BCUT2D eigenvalue weighted by Crippen LogP contribution is 2.66. The molecule has 1 amide bonds. The van der Waals surface area contributed by atoms with Gasteiger partial charge in [0.25, 0.3) is 0 Å². The maximum atomic E-state index is 13.5. The molecular formula is C31H42N2O6. The van der Waals surface area contributed by atoms with Crippen LogP contribution in [0.15, 0.2) is 36.9 Å². The van der Waals surface area contributed by atoms with Crippen molar-refractivity contribution in [1.82, 2.24) is 10.2 Å². The Kier molecular flexibility index (Phi) is 8.54. The Balaban J connectivity index is 1.35. The van der Waals surface area contributed by atoms with Gasteiger partial charge in [-0.2, -0.15) is 0 Å². The fourth-order valence-electron chi connectivity index (χ4n) is 6.71. The first kappa shape index (κ1) is 28.9. The first-order valence-electron chi connectivity index (χ1n) is 13.9. The molecule has 5 unspecified atom stereocenters. The third-order valence-corrected chi connectivity index (χ3v) is 9.67. The molecule has 0 aromatic heterocycles. The van der Waals surface area contributed by atoms with Crippen LogP contribution in [0.4, 0.5) is 0 Å². The van der Waals surface area contributed by atoms with E-state index in [9.17, 15) is 19.5 Å². The third kappa shape index (κ3) is 5.62. The molecule has 5 atom stereocenters. The van der Waals surface area contributed by atoms with Crippen LogP contribution in [0.1, 0.15) is 64.9 Å². The predicted molar refractivity (Wildman–Crippen MR) is 149 cm³/mol. The first-order valence-corrected chi connectivity index (χ1v) is 13.9. The number of ketones is 1. The van der Waals surface area contributed by atoms with E-state index in [0.717, 1.165) is 19.3 Å². The van der Waals surface area contributed by atoms with E-state index >= 15 is 0 Å². The minimum atomic E-state index is -0.666. The molecule has 2 aliphatic carbocycles. The number of likely N-dealkylation sites (tertiary alicyclic amines) is 1. The molecule has 2 saturated carbocycles. The Morgan fingerprint density at radius 1 is 1.26 bits per heavy atom. The van der Waals surface area contributed by atoms with E-state index in [4.69, 9.17) is 9.47 Å². The number of amides is 1. The summed E-state index contributed by atoms with van der Waals surface area (Å²) >= 11 is 0. The maximum absolute atomic E-state index is 13.5. The van der Waals surface area contributed by atoms with Gasteiger partial charge < -0.3 is 19.5 Å². The van der Waals surface area contributed by atoms with E-state index in [1.807, 2.05) is 0 Å². The molecule has 1 saturated heterocycles. The van der Waals surface area contributed by atoms with Crippen LogP contribution < -0.4 is 10.1 Å². The summed E-state index contributed by atoms with van der Waals surface area (Å²) in [5, 5.41) is 12.8. The van der Waals surface area contributed by atoms with E-state index in [1.165, 1.54) is 25.7 Å². The van der Waals surface area contributed by atoms with Crippen molar-refractivity contribution < 1.29 is 29.0 Å². The van der Waals surface area contributed by atoms with Gasteiger partial charge in [0.2, 0.25) is 5.91 Å². The number of carbonyl (C=O) groups is 3. The molecule has 3 fully saturated rings. The van der Waals surface area contributed by atoms with Gasteiger partial charge in [-0.3, -0.25) is 14.9 Å². The Bertz CT molecular complexity index is 1140. The SMILES string of the molecule is C=CCC(NCC(=O)/C=C/c1ccc(O)c(OC)c1)C(=O)N1CCCC1C(=O)OC1CC2CCC1(C)C2(C)C. The summed E-state index contributed by atoms with van der Waals surface area (Å²) < 4.78 is 11.2. The molecule has 1 heterocycles. The zero-order valence-electron chi connectivity index (χ0n) is 23.6. The third-order valence-electron chi connectivity index (χ3n) is 9.67. The lowest BCUT2D eigenvalue weighted by molar-refractivity contribution is -0.165. The number of ether oxygens (including phenoxy) is 2. The molecule has 2 N–H and O–H groups in total. The molecule has 39 heavy (non-hydrogen) atoms. The van der Waals surface area contributed by atoms with Gasteiger partial charge in [-0.15, -0.1) is 6.58 Å². The van der Waals surface area contributed by atoms with Crippen molar-refractivity contribution in [2.75, 3.05) is 20.2 Å². The number of rotatable bonds is 11. The molecule has 8 nitrogen and oxygen atoms in total. The summed E-state index contributed by atoms with van der Waals surface area (Å²) in [7, 11) is 1.46. The van der Waals surface area contributed by atoms with Crippen molar-refractivity contribution in [1.29, 1.82) is 0 Å². The normalized spacial score (nSPS) is 28.0. The fourth-order valence-corrected chi connectivity index (χ4v) is 6.71. The van der Waals surface area contributed by atoms with Crippen LogP contribution in [0.5, 0.6) is 11.5 Å². The van der Waals surface area contributed by atoms with E-state index < -0.39 is 12.1 Å².